The van der Waals surface area contributed by atoms with Gasteiger partial charge in [0.2, 0.25) is 0 Å². The van der Waals surface area contributed by atoms with E-state index < -0.39 is 0 Å². The monoisotopic (exact) mass is 1460 g/mol. The van der Waals surface area contributed by atoms with Crippen LogP contribution in [0.3, 0.4) is 0 Å². The molecule has 0 aliphatic rings. The maximum atomic E-state index is 2.39. The van der Waals surface area contributed by atoms with Crippen LogP contribution >= 0.6 is 34.0 Å². The Kier molecular flexibility index (Phi) is 15.6. The van der Waals surface area contributed by atoms with Crippen molar-refractivity contribution in [2.24, 2.45) is 0 Å². The second-order valence-corrected chi connectivity index (χ2v) is 32.2. The molecule has 3 aromatic heterocycles. The van der Waals surface area contributed by atoms with Crippen LogP contribution in [0.25, 0.3) is 224 Å². The highest BCUT2D eigenvalue weighted by molar-refractivity contribution is 7.27. The van der Waals surface area contributed by atoms with E-state index in [4.69, 9.17) is 0 Å². The molecule has 0 unspecified atom stereocenters. The first-order chi connectivity index (χ1) is 55.1. The van der Waals surface area contributed by atoms with Gasteiger partial charge in [-0.15, -0.1) is 34.0 Å². The quantitative estimate of drug-likeness (QED) is 0.146. The van der Waals surface area contributed by atoms with Crippen molar-refractivity contribution in [2.75, 3.05) is 0 Å². The Balaban J connectivity index is 0.000000104. The molecule has 3 heteroatoms. The van der Waals surface area contributed by atoms with Gasteiger partial charge in [0, 0.05) is 60.5 Å². The molecule has 0 atom stereocenters. The van der Waals surface area contributed by atoms with Crippen LogP contribution in [0.15, 0.2) is 400 Å². The fourth-order valence-corrected chi connectivity index (χ4v) is 21.7. The molecule has 24 aromatic rings. The van der Waals surface area contributed by atoms with Gasteiger partial charge in [-0.05, 0) is 206 Å². The fourth-order valence-electron chi connectivity index (χ4n) is 17.8. The van der Waals surface area contributed by atoms with Gasteiger partial charge in [0.25, 0.3) is 0 Å². The number of thiophene rings is 3. The Bertz CT molecular complexity index is 7800. The molecule has 516 valence electrons. The first kappa shape index (κ1) is 64.8. The molecule has 21 aromatic carbocycles. The molecule has 3 heterocycles. The van der Waals surface area contributed by atoms with Crippen LogP contribution in [0, 0.1) is 0 Å². The van der Waals surface area contributed by atoms with E-state index in [0.717, 1.165) is 0 Å². The lowest BCUT2D eigenvalue weighted by Crippen LogP contribution is -1.86. The van der Waals surface area contributed by atoms with Gasteiger partial charge in [-0.3, -0.25) is 0 Å². The number of hydrogen-bond acceptors (Lipinski definition) is 3. The normalized spacial score (nSPS) is 11.8. The third-order valence-electron chi connectivity index (χ3n) is 23.0. The Hall–Kier alpha value is -13.4. The van der Waals surface area contributed by atoms with Crippen LogP contribution in [0.2, 0.25) is 0 Å². The Labute approximate surface area is 653 Å². The summed E-state index contributed by atoms with van der Waals surface area (Å²) in [7, 11) is 0. The van der Waals surface area contributed by atoms with Gasteiger partial charge < -0.3 is 0 Å². The number of fused-ring (bicyclic) bond motifs is 27. The van der Waals surface area contributed by atoms with E-state index in [1.165, 1.54) is 224 Å². The molecular formula is C108H66S3. The lowest BCUT2D eigenvalue weighted by Gasteiger charge is -2.12. The molecule has 0 spiro atoms. The van der Waals surface area contributed by atoms with Crippen molar-refractivity contribution < 1.29 is 0 Å². The zero-order chi connectivity index (χ0) is 73.0. The Morgan fingerprint density at radius 3 is 0.667 bits per heavy atom. The van der Waals surface area contributed by atoms with Crippen LogP contribution in [0.4, 0.5) is 0 Å². The van der Waals surface area contributed by atoms with E-state index in [1.807, 2.05) is 34.0 Å². The molecule has 0 saturated heterocycles. The van der Waals surface area contributed by atoms with Crippen molar-refractivity contribution in [2.45, 2.75) is 0 Å². The van der Waals surface area contributed by atoms with Crippen molar-refractivity contribution in [3.63, 3.8) is 0 Å². The van der Waals surface area contributed by atoms with Gasteiger partial charge in [0.05, 0.1) is 0 Å². The largest absolute Gasteiger partial charge is 0.135 e. The smallest absolute Gasteiger partial charge is 0.0434 e. The van der Waals surface area contributed by atoms with Crippen molar-refractivity contribution in [1.29, 1.82) is 0 Å². The molecule has 0 amide bonds. The highest BCUT2D eigenvalue weighted by Gasteiger charge is 2.19. The van der Waals surface area contributed by atoms with Crippen molar-refractivity contribution in [3.8, 4) is 66.8 Å². The summed E-state index contributed by atoms with van der Waals surface area (Å²) in [6.07, 6.45) is 0. The summed E-state index contributed by atoms with van der Waals surface area (Å²) in [5.41, 5.74) is 15.2. The van der Waals surface area contributed by atoms with Crippen LogP contribution in [0.1, 0.15) is 0 Å². The highest BCUT2D eigenvalue weighted by Crippen LogP contribution is 2.48. The maximum Gasteiger partial charge on any atom is 0.0434 e. The molecule has 0 saturated carbocycles. The zero-order valence-corrected chi connectivity index (χ0v) is 62.8. The van der Waals surface area contributed by atoms with Crippen LogP contribution in [-0.2, 0) is 0 Å². The summed E-state index contributed by atoms with van der Waals surface area (Å²) in [6, 6.07) is 147. The second-order valence-electron chi connectivity index (χ2n) is 29.1. The van der Waals surface area contributed by atoms with Gasteiger partial charge >= 0.3 is 0 Å². The number of benzene rings is 21. The molecule has 0 bridgehead atoms. The lowest BCUT2D eigenvalue weighted by atomic mass is 9.91. The minimum absolute atomic E-state index is 1.24. The minimum Gasteiger partial charge on any atom is -0.135 e. The average molecular weight is 1460 g/mol. The predicted molar refractivity (Wildman–Crippen MR) is 488 cm³/mol. The number of rotatable bonds is 6. The lowest BCUT2D eigenvalue weighted by molar-refractivity contribution is 1.63. The van der Waals surface area contributed by atoms with Crippen molar-refractivity contribution in [1.82, 2.24) is 0 Å². The van der Waals surface area contributed by atoms with E-state index in [-0.39, 0.29) is 0 Å². The molecule has 0 radical (unpaired) electrons. The Morgan fingerprint density at radius 1 is 0.108 bits per heavy atom. The Morgan fingerprint density at radius 2 is 0.315 bits per heavy atom. The first-order valence-corrected chi connectivity index (χ1v) is 40.5. The third kappa shape index (κ3) is 10.9. The molecule has 111 heavy (non-hydrogen) atoms. The zero-order valence-electron chi connectivity index (χ0n) is 60.3. The average Bonchev–Trinajstić information content (AvgIpc) is 1.74. The molecular weight excluding hydrogens is 1390 g/mol. The molecule has 0 aliphatic carbocycles. The van der Waals surface area contributed by atoms with Crippen molar-refractivity contribution >= 4 is 191 Å². The van der Waals surface area contributed by atoms with Gasteiger partial charge in [-0.25, -0.2) is 0 Å². The fraction of sp³-hybridized carbons (Fsp3) is 0. The van der Waals surface area contributed by atoms with Crippen LogP contribution in [-0.4, -0.2) is 0 Å². The minimum atomic E-state index is 1.24. The topological polar surface area (TPSA) is 0 Å². The highest BCUT2D eigenvalue weighted by atomic mass is 32.1. The SMILES string of the molecule is c1cc(-c2ccc3c4ccccc4c4ccccc4c3c2)cc(-c2cccc3c2sc2ccccc23)c1.c1ccc(-c2cccc3c2sc2c(-c4cccc(-c5ccc6c7ccccc7c7ccccc7c6c5)c4)cccc23)cc1.c1ccc2c(c1)sc1c(-c3ccc4c5ccccc5c5ccccc5c4c3)cccc12. The summed E-state index contributed by atoms with van der Waals surface area (Å²) < 4.78 is 8.11. The molecule has 0 N–H and O–H groups in total. The van der Waals surface area contributed by atoms with E-state index in [2.05, 4.69) is 400 Å². The van der Waals surface area contributed by atoms with Crippen LogP contribution in [0.5, 0.6) is 0 Å². The molecule has 0 nitrogen and oxygen atoms in total. The summed E-state index contributed by atoms with van der Waals surface area (Å²) in [4.78, 5) is 0. The van der Waals surface area contributed by atoms with Gasteiger partial charge in [0.1, 0.15) is 0 Å². The molecule has 0 fully saturated rings. The van der Waals surface area contributed by atoms with Crippen LogP contribution < -0.4 is 0 Å². The van der Waals surface area contributed by atoms with E-state index in [0.29, 0.717) is 0 Å². The summed E-state index contributed by atoms with van der Waals surface area (Å²) >= 11 is 5.69. The third-order valence-corrected chi connectivity index (χ3v) is 26.7. The van der Waals surface area contributed by atoms with E-state index in [1.54, 1.807) is 0 Å². The standard InChI is InChI=1S/C42H26S.C36H22S.C30H18S/c1-2-11-27(12-3-1)31-19-9-21-38-39-22-10-20-32(42(39)43-41(31)38)30-14-8-13-28(25-30)29-23-24-37-35-17-5-4-15-33(35)34-16-6-7-18-36(34)40(37)26-29;1-2-13-29-27(11-1)28-12-3-4-14-30(28)34-22-24(19-20-31(29)34)23-9-7-10-25(21-23)26-16-8-17-33-32-15-5-6-18-35(32)37-36(26)33;1-2-10-23-21(8-1)22-9-3-4-11-24(22)28-18-19(16-17-25(23)28)20-13-7-14-27-26-12-5-6-15-29(26)31-30(20)27/h1-26H;1-22H;1-18H. The summed E-state index contributed by atoms with van der Waals surface area (Å²) in [6.45, 7) is 0. The predicted octanol–water partition coefficient (Wildman–Crippen LogP) is 32.5. The van der Waals surface area contributed by atoms with Crippen molar-refractivity contribution in [3.05, 3.63) is 400 Å². The molecule has 0 aliphatic heterocycles. The maximum absolute atomic E-state index is 2.39. The first-order valence-electron chi connectivity index (χ1n) is 38.1. The summed E-state index contributed by atoms with van der Waals surface area (Å²) in [5.74, 6) is 0. The molecule has 24 rings (SSSR count). The summed E-state index contributed by atoms with van der Waals surface area (Å²) in [5, 5.41) is 31.7. The number of hydrogen-bond donors (Lipinski definition) is 0. The second kappa shape index (κ2) is 26.8. The van der Waals surface area contributed by atoms with Gasteiger partial charge in [-0.1, -0.05) is 358 Å². The van der Waals surface area contributed by atoms with E-state index >= 15 is 0 Å². The van der Waals surface area contributed by atoms with E-state index in [9.17, 15) is 0 Å². The van der Waals surface area contributed by atoms with Gasteiger partial charge in [0.15, 0.2) is 0 Å². The van der Waals surface area contributed by atoms with Gasteiger partial charge in [-0.2, -0.15) is 0 Å².